The van der Waals surface area contributed by atoms with Gasteiger partial charge in [-0.25, -0.2) is 0 Å². The third-order valence-electron chi connectivity index (χ3n) is 1.48. The average molecular weight is 209 g/mol. The van der Waals surface area contributed by atoms with E-state index in [1.54, 1.807) is 0 Å². The Morgan fingerprint density at radius 2 is 1.70 bits per heavy atom. The Balaban J connectivity index is 3.30. The van der Waals surface area contributed by atoms with E-state index in [1.165, 1.54) is 0 Å². The van der Waals surface area contributed by atoms with Crippen molar-refractivity contribution in [3.63, 3.8) is 0 Å². The van der Waals surface area contributed by atoms with Crippen LogP contribution in [0.25, 0.3) is 0 Å². The lowest BCUT2D eigenvalue weighted by Gasteiger charge is -2.15. The molecule has 0 heterocycles. The van der Waals surface area contributed by atoms with Gasteiger partial charge in [0.2, 0.25) is 0 Å². The minimum atomic E-state index is 0.355. The fourth-order valence-corrected chi connectivity index (χ4v) is 0.629. The van der Waals surface area contributed by atoms with Gasteiger partial charge in [0.15, 0.2) is 0 Å². The molecule has 2 atom stereocenters. The molecule has 0 fully saturated rings. The van der Waals surface area contributed by atoms with Crippen LogP contribution in [0.1, 0.15) is 27.7 Å². The first-order valence-electron chi connectivity index (χ1n) is 3.79. The Bertz CT molecular complexity index is 81.3. The van der Waals surface area contributed by atoms with Gasteiger partial charge in [-0.1, -0.05) is 29.8 Å². The molecule has 10 heavy (non-hydrogen) atoms. The zero-order valence-corrected chi connectivity index (χ0v) is 8.81. The fourth-order valence-electron chi connectivity index (χ4n) is 0.477. The van der Waals surface area contributed by atoms with Crippen molar-refractivity contribution >= 4 is 15.9 Å². The van der Waals surface area contributed by atoms with Gasteiger partial charge in [0, 0.05) is 4.83 Å². The summed E-state index contributed by atoms with van der Waals surface area (Å²) in [6, 6.07) is 0. The van der Waals surface area contributed by atoms with Crippen molar-refractivity contribution in [2.45, 2.75) is 38.6 Å². The van der Waals surface area contributed by atoms with Crippen molar-refractivity contribution in [1.29, 1.82) is 0 Å². The van der Waals surface area contributed by atoms with Crippen LogP contribution in [0.5, 0.6) is 0 Å². The molecule has 0 aromatic carbocycles. The van der Waals surface area contributed by atoms with Crippen LogP contribution in [-0.4, -0.2) is 17.5 Å². The molecule has 62 valence electrons. The maximum absolute atomic E-state index is 5.43. The van der Waals surface area contributed by atoms with E-state index in [9.17, 15) is 0 Å². The maximum atomic E-state index is 5.43. The molecular weight excluding hydrogens is 192 g/mol. The molecule has 0 aromatic rings. The second-order valence-electron chi connectivity index (χ2n) is 3.04. The summed E-state index contributed by atoms with van der Waals surface area (Å²) in [7, 11) is 0. The number of hydrogen-bond acceptors (Lipinski definition) is 1. The van der Waals surface area contributed by atoms with Crippen LogP contribution in [0.3, 0.4) is 0 Å². The van der Waals surface area contributed by atoms with Gasteiger partial charge in [-0.2, -0.15) is 0 Å². The largest absolute Gasteiger partial charge is 0.378 e. The first kappa shape index (κ1) is 10.4. The minimum absolute atomic E-state index is 0.355. The smallest absolute Gasteiger partial charge is 0.0519 e. The summed E-state index contributed by atoms with van der Waals surface area (Å²) >= 11 is 3.51. The third-order valence-corrected chi connectivity index (χ3v) is 2.38. The van der Waals surface area contributed by atoms with Crippen LogP contribution in [0.4, 0.5) is 0 Å². The van der Waals surface area contributed by atoms with Crippen LogP contribution in [0.15, 0.2) is 0 Å². The van der Waals surface area contributed by atoms with E-state index in [1.807, 2.05) is 0 Å². The molecule has 0 aliphatic carbocycles. The van der Waals surface area contributed by atoms with Crippen molar-refractivity contribution in [2.24, 2.45) is 5.92 Å². The van der Waals surface area contributed by atoms with E-state index in [0.717, 1.165) is 6.61 Å². The molecule has 0 bridgehead atoms. The van der Waals surface area contributed by atoms with Crippen molar-refractivity contribution in [2.75, 3.05) is 6.61 Å². The molecule has 0 aliphatic heterocycles. The summed E-state index contributed by atoms with van der Waals surface area (Å²) in [5.41, 5.74) is 0. The lowest BCUT2D eigenvalue weighted by Crippen LogP contribution is -2.16. The molecule has 0 spiro atoms. The van der Waals surface area contributed by atoms with Crippen LogP contribution in [0.2, 0.25) is 0 Å². The Kier molecular flexibility index (Phi) is 5.36. The summed E-state index contributed by atoms with van der Waals surface area (Å²) in [5.74, 6) is 0.599. The monoisotopic (exact) mass is 208 g/mol. The Morgan fingerprint density at radius 3 is 2.00 bits per heavy atom. The van der Waals surface area contributed by atoms with Gasteiger partial charge < -0.3 is 4.74 Å². The zero-order chi connectivity index (χ0) is 8.15. The van der Waals surface area contributed by atoms with E-state index in [4.69, 9.17) is 4.74 Å². The molecule has 0 radical (unpaired) electrons. The number of halogens is 1. The molecule has 2 unspecified atom stereocenters. The van der Waals surface area contributed by atoms with Gasteiger partial charge in [0.05, 0.1) is 12.7 Å². The molecule has 0 N–H and O–H groups in total. The minimum Gasteiger partial charge on any atom is -0.378 e. The second-order valence-corrected chi connectivity index (χ2v) is 4.48. The first-order chi connectivity index (χ1) is 4.54. The van der Waals surface area contributed by atoms with Crippen LogP contribution in [-0.2, 0) is 4.74 Å². The van der Waals surface area contributed by atoms with Crippen molar-refractivity contribution < 1.29 is 4.74 Å². The van der Waals surface area contributed by atoms with Crippen molar-refractivity contribution in [3.05, 3.63) is 0 Å². The molecule has 0 aromatic heterocycles. The van der Waals surface area contributed by atoms with Crippen molar-refractivity contribution in [1.82, 2.24) is 0 Å². The van der Waals surface area contributed by atoms with Gasteiger partial charge in [0.25, 0.3) is 0 Å². The van der Waals surface area contributed by atoms with E-state index in [-0.39, 0.29) is 0 Å². The van der Waals surface area contributed by atoms with Gasteiger partial charge in [0.1, 0.15) is 0 Å². The van der Waals surface area contributed by atoms with Crippen LogP contribution >= 0.6 is 15.9 Å². The maximum Gasteiger partial charge on any atom is 0.0519 e. The molecule has 0 amide bonds. The number of alkyl halides is 1. The predicted molar refractivity (Wildman–Crippen MR) is 48.6 cm³/mol. The molecule has 1 nitrogen and oxygen atoms in total. The van der Waals surface area contributed by atoms with E-state index < -0.39 is 0 Å². The summed E-state index contributed by atoms with van der Waals surface area (Å²) < 4.78 is 5.43. The van der Waals surface area contributed by atoms with Crippen LogP contribution < -0.4 is 0 Å². The van der Waals surface area contributed by atoms with Crippen LogP contribution in [0, 0.1) is 5.92 Å². The van der Waals surface area contributed by atoms with E-state index >= 15 is 0 Å². The molecule has 2 heteroatoms. The quantitative estimate of drug-likeness (QED) is 0.647. The number of ether oxygens (including phenoxy) is 1. The highest BCUT2D eigenvalue weighted by atomic mass is 79.9. The molecule has 0 aliphatic rings. The zero-order valence-electron chi connectivity index (χ0n) is 7.23. The predicted octanol–water partition coefficient (Wildman–Crippen LogP) is 2.83. The van der Waals surface area contributed by atoms with Gasteiger partial charge in [-0.3, -0.25) is 0 Å². The van der Waals surface area contributed by atoms with Gasteiger partial charge in [-0.15, -0.1) is 0 Å². The SMILES string of the molecule is CC(C)OCC(C)C(C)Br. The molecule has 0 saturated heterocycles. The lowest BCUT2D eigenvalue weighted by atomic mass is 10.1. The average Bonchev–Trinajstić information content (AvgIpc) is 1.82. The highest BCUT2D eigenvalue weighted by Crippen LogP contribution is 2.12. The Labute approximate surface area is 72.3 Å². The third kappa shape index (κ3) is 5.24. The summed E-state index contributed by atoms with van der Waals surface area (Å²) in [5, 5.41) is 0. The molecule has 0 rings (SSSR count). The van der Waals surface area contributed by atoms with Crippen molar-refractivity contribution in [3.8, 4) is 0 Å². The molecule has 0 saturated carbocycles. The van der Waals surface area contributed by atoms with E-state index in [0.29, 0.717) is 16.8 Å². The normalized spacial score (nSPS) is 17.4. The topological polar surface area (TPSA) is 9.23 Å². The lowest BCUT2D eigenvalue weighted by molar-refractivity contribution is 0.0561. The van der Waals surface area contributed by atoms with Gasteiger partial charge >= 0.3 is 0 Å². The Morgan fingerprint density at radius 1 is 1.20 bits per heavy atom. The van der Waals surface area contributed by atoms with E-state index in [2.05, 4.69) is 43.6 Å². The number of rotatable bonds is 4. The summed E-state index contributed by atoms with van der Waals surface area (Å²) in [6.45, 7) is 9.30. The standard InChI is InChI=1S/C8H17BrO/c1-6(2)10-5-7(3)8(4)9/h6-8H,5H2,1-4H3. The highest BCUT2D eigenvalue weighted by Gasteiger charge is 2.08. The Hall–Kier alpha value is 0.440. The van der Waals surface area contributed by atoms with Gasteiger partial charge in [-0.05, 0) is 19.8 Å². The molecular formula is C8H17BrO. The highest BCUT2D eigenvalue weighted by molar-refractivity contribution is 9.09. The first-order valence-corrected chi connectivity index (χ1v) is 4.71. The number of hydrogen-bond donors (Lipinski definition) is 0. The second kappa shape index (κ2) is 5.14. The summed E-state index contributed by atoms with van der Waals surface area (Å²) in [4.78, 5) is 0.547. The summed E-state index contributed by atoms with van der Waals surface area (Å²) in [6.07, 6.45) is 0.355. The fraction of sp³-hybridized carbons (Fsp3) is 1.00.